The zero-order valence-electron chi connectivity index (χ0n) is 9.25. The van der Waals surface area contributed by atoms with Crippen LogP contribution in [0.25, 0.3) is 0 Å². The molecule has 1 amide bonds. The fourth-order valence-electron chi connectivity index (χ4n) is 1.14. The normalized spacial score (nSPS) is 11.2. The van der Waals surface area contributed by atoms with Crippen molar-refractivity contribution in [2.75, 3.05) is 12.3 Å². The van der Waals surface area contributed by atoms with Crippen LogP contribution in [0.4, 0.5) is 5.69 Å². The highest BCUT2D eigenvalue weighted by atomic mass is 79.9. The predicted octanol–water partition coefficient (Wildman–Crippen LogP) is 1.53. The Balaban J connectivity index is 2.94. The Bertz CT molecular complexity index is 405. The van der Waals surface area contributed by atoms with E-state index in [-0.39, 0.29) is 12.5 Å². The molecule has 0 radical (unpaired) electrons. The van der Waals surface area contributed by atoms with Crippen LogP contribution in [0.15, 0.2) is 22.7 Å². The van der Waals surface area contributed by atoms with Gasteiger partial charge in [-0.1, -0.05) is 6.07 Å². The number of benzene rings is 1. The molecule has 0 unspecified atom stereocenters. The molecule has 1 aromatic carbocycles. The van der Waals surface area contributed by atoms with Crippen LogP contribution in [-0.4, -0.2) is 23.2 Å². The minimum atomic E-state index is -0.652. The first-order valence-corrected chi connectivity index (χ1v) is 5.64. The number of carbonyl (C=O) groups excluding carboxylic acids is 1. The summed E-state index contributed by atoms with van der Waals surface area (Å²) < 4.78 is 0.571. The number of rotatable bonds is 3. The second-order valence-corrected chi connectivity index (χ2v) is 5.00. The first-order valence-electron chi connectivity index (χ1n) is 4.85. The number of carbonyl (C=O) groups is 1. The molecule has 5 heteroatoms. The quantitative estimate of drug-likeness (QED) is 0.738. The Morgan fingerprint density at radius 2 is 2.19 bits per heavy atom. The van der Waals surface area contributed by atoms with Crippen molar-refractivity contribution in [3.63, 3.8) is 0 Å². The van der Waals surface area contributed by atoms with Crippen LogP contribution in [0.3, 0.4) is 0 Å². The van der Waals surface area contributed by atoms with Crippen molar-refractivity contribution in [2.45, 2.75) is 19.4 Å². The average molecular weight is 287 g/mol. The van der Waals surface area contributed by atoms with Crippen LogP contribution in [0.2, 0.25) is 0 Å². The van der Waals surface area contributed by atoms with Crippen LogP contribution >= 0.6 is 15.9 Å². The van der Waals surface area contributed by atoms with Crippen molar-refractivity contribution in [1.29, 1.82) is 0 Å². The van der Waals surface area contributed by atoms with Gasteiger partial charge in [0.25, 0.3) is 5.91 Å². The van der Waals surface area contributed by atoms with E-state index in [1.807, 2.05) is 0 Å². The summed E-state index contributed by atoms with van der Waals surface area (Å²) in [5, 5.41) is 11.8. The van der Waals surface area contributed by atoms with Crippen LogP contribution in [0, 0.1) is 0 Å². The molecule has 0 heterocycles. The zero-order chi connectivity index (χ0) is 12.3. The number of hydrogen-bond acceptors (Lipinski definition) is 3. The third-order valence-electron chi connectivity index (χ3n) is 2.12. The van der Waals surface area contributed by atoms with Gasteiger partial charge in [-0.2, -0.15) is 0 Å². The summed E-state index contributed by atoms with van der Waals surface area (Å²) in [7, 11) is 0. The third kappa shape index (κ3) is 2.96. The van der Waals surface area contributed by atoms with Gasteiger partial charge in [0.15, 0.2) is 0 Å². The zero-order valence-corrected chi connectivity index (χ0v) is 10.8. The number of hydrogen-bond donors (Lipinski definition) is 3. The summed E-state index contributed by atoms with van der Waals surface area (Å²) in [6.45, 7) is 3.36. The van der Waals surface area contributed by atoms with Gasteiger partial charge in [-0.25, -0.2) is 0 Å². The molecule has 0 saturated heterocycles. The first-order chi connectivity index (χ1) is 7.37. The summed E-state index contributed by atoms with van der Waals surface area (Å²) >= 11 is 3.26. The van der Waals surface area contributed by atoms with E-state index in [2.05, 4.69) is 21.2 Å². The molecule has 4 nitrogen and oxygen atoms in total. The smallest absolute Gasteiger partial charge is 0.252 e. The molecular weight excluding hydrogens is 272 g/mol. The van der Waals surface area contributed by atoms with E-state index in [1.54, 1.807) is 32.0 Å². The molecule has 0 atom stereocenters. The Morgan fingerprint density at radius 3 is 2.75 bits per heavy atom. The van der Waals surface area contributed by atoms with Gasteiger partial charge >= 0.3 is 0 Å². The van der Waals surface area contributed by atoms with Gasteiger partial charge in [-0.3, -0.25) is 4.79 Å². The molecule has 4 N–H and O–H groups in total. The van der Waals surface area contributed by atoms with E-state index in [0.29, 0.717) is 15.7 Å². The highest BCUT2D eigenvalue weighted by Gasteiger charge is 2.21. The Morgan fingerprint density at radius 1 is 1.56 bits per heavy atom. The van der Waals surface area contributed by atoms with Gasteiger partial charge in [-0.05, 0) is 41.9 Å². The maximum Gasteiger partial charge on any atom is 0.252 e. The second kappa shape index (κ2) is 4.84. The minimum absolute atomic E-state index is 0.126. The molecule has 0 aliphatic heterocycles. The Kier molecular flexibility index (Phi) is 3.93. The largest absolute Gasteiger partial charge is 0.398 e. The molecule has 0 aliphatic rings. The van der Waals surface area contributed by atoms with Gasteiger partial charge in [0.2, 0.25) is 0 Å². The maximum atomic E-state index is 11.9. The topological polar surface area (TPSA) is 75.3 Å². The van der Waals surface area contributed by atoms with Crippen molar-refractivity contribution in [3.8, 4) is 0 Å². The lowest BCUT2D eigenvalue weighted by Crippen LogP contribution is -2.46. The van der Waals surface area contributed by atoms with Crippen LogP contribution in [0.5, 0.6) is 0 Å². The number of nitrogens with one attached hydrogen (secondary N) is 1. The second-order valence-electron chi connectivity index (χ2n) is 4.20. The molecule has 16 heavy (non-hydrogen) atoms. The number of halogens is 1. The summed E-state index contributed by atoms with van der Waals surface area (Å²) in [5.74, 6) is -0.266. The lowest BCUT2D eigenvalue weighted by molar-refractivity contribution is 0.0868. The molecule has 0 bridgehead atoms. The molecule has 1 rings (SSSR count). The molecule has 0 aromatic heterocycles. The number of amides is 1. The SMILES string of the molecule is CC(C)(CO)NC(=O)c1cccc(N)c1Br. The lowest BCUT2D eigenvalue weighted by Gasteiger charge is -2.23. The number of nitrogens with two attached hydrogens (primary N) is 1. The summed E-state index contributed by atoms with van der Waals surface area (Å²) in [6, 6.07) is 5.09. The molecular formula is C11H15BrN2O2. The monoisotopic (exact) mass is 286 g/mol. The average Bonchev–Trinajstić information content (AvgIpc) is 2.21. The van der Waals surface area contributed by atoms with Crippen molar-refractivity contribution in [1.82, 2.24) is 5.32 Å². The molecule has 88 valence electrons. The number of nitrogen functional groups attached to an aromatic ring is 1. The van der Waals surface area contributed by atoms with Crippen molar-refractivity contribution >= 4 is 27.5 Å². The fraction of sp³-hybridized carbons (Fsp3) is 0.364. The third-order valence-corrected chi connectivity index (χ3v) is 3.01. The van der Waals surface area contributed by atoms with Crippen molar-refractivity contribution < 1.29 is 9.90 Å². The van der Waals surface area contributed by atoms with Crippen LogP contribution in [0.1, 0.15) is 24.2 Å². The first kappa shape index (κ1) is 13.0. The summed E-state index contributed by atoms with van der Waals surface area (Å²) in [4.78, 5) is 11.9. The molecule has 1 aromatic rings. The van der Waals surface area contributed by atoms with Crippen LogP contribution < -0.4 is 11.1 Å². The highest BCUT2D eigenvalue weighted by Crippen LogP contribution is 2.24. The number of anilines is 1. The van der Waals surface area contributed by atoms with E-state index >= 15 is 0 Å². The fourth-order valence-corrected chi connectivity index (χ4v) is 1.58. The standard InChI is InChI=1S/C11H15BrN2O2/c1-11(2,6-15)14-10(16)7-4-3-5-8(13)9(7)12/h3-5,15H,6,13H2,1-2H3,(H,14,16). The molecule has 0 saturated carbocycles. The van der Waals surface area contributed by atoms with Gasteiger partial charge in [0.1, 0.15) is 0 Å². The summed E-state index contributed by atoms with van der Waals surface area (Å²) in [6.07, 6.45) is 0. The van der Waals surface area contributed by atoms with Gasteiger partial charge < -0.3 is 16.2 Å². The Hall–Kier alpha value is -1.07. The van der Waals surface area contributed by atoms with Gasteiger partial charge in [0.05, 0.1) is 22.2 Å². The number of aliphatic hydroxyl groups is 1. The molecule has 0 fully saturated rings. The van der Waals surface area contributed by atoms with E-state index < -0.39 is 5.54 Å². The van der Waals surface area contributed by atoms with Crippen LogP contribution in [-0.2, 0) is 0 Å². The molecule has 0 spiro atoms. The van der Waals surface area contributed by atoms with Gasteiger partial charge in [0, 0.05) is 5.69 Å². The Labute approximate surface area is 103 Å². The van der Waals surface area contributed by atoms with E-state index in [1.165, 1.54) is 0 Å². The van der Waals surface area contributed by atoms with E-state index in [0.717, 1.165) is 0 Å². The minimum Gasteiger partial charge on any atom is -0.398 e. The maximum absolute atomic E-state index is 11.9. The van der Waals surface area contributed by atoms with Gasteiger partial charge in [-0.15, -0.1) is 0 Å². The van der Waals surface area contributed by atoms with Crippen molar-refractivity contribution in [2.24, 2.45) is 0 Å². The lowest BCUT2D eigenvalue weighted by atomic mass is 10.1. The number of aliphatic hydroxyl groups excluding tert-OH is 1. The van der Waals surface area contributed by atoms with E-state index in [4.69, 9.17) is 10.8 Å². The van der Waals surface area contributed by atoms with E-state index in [9.17, 15) is 4.79 Å². The van der Waals surface area contributed by atoms with Crippen molar-refractivity contribution in [3.05, 3.63) is 28.2 Å². The highest BCUT2D eigenvalue weighted by molar-refractivity contribution is 9.10. The predicted molar refractivity (Wildman–Crippen MR) is 67.2 cm³/mol. The molecule has 0 aliphatic carbocycles. The summed E-state index contributed by atoms with van der Waals surface area (Å²) in [5.41, 5.74) is 6.00.